The lowest BCUT2D eigenvalue weighted by atomic mass is 9.95. The Labute approximate surface area is 173 Å². The molecule has 0 aromatic carbocycles. The molecule has 0 rings (SSSR count). The van der Waals surface area contributed by atoms with Crippen molar-refractivity contribution < 1.29 is 14.7 Å². The van der Waals surface area contributed by atoms with Crippen LogP contribution >= 0.6 is 0 Å². The SMILES string of the molecule is CCCCCCCCC/C=C/CCCCCC(CC(=O)O)C(=O)N(CC)CC. The molecule has 0 spiro atoms. The highest BCUT2D eigenvalue weighted by Crippen LogP contribution is 2.18. The fourth-order valence-corrected chi connectivity index (χ4v) is 3.60. The Hall–Kier alpha value is -1.32. The van der Waals surface area contributed by atoms with Crippen LogP contribution in [-0.4, -0.2) is 35.0 Å². The minimum atomic E-state index is -0.876. The molecule has 0 heterocycles. The topological polar surface area (TPSA) is 57.6 Å². The third kappa shape index (κ3) is 14.7. The van der Waals surface area contributed by atoms with E-state index in [0.717, 1.165) is 25.7 Å². The maximum Gasteiger partial charge on any atom is 0.304 e. The summed E-state index contributed by atoms with van der Waals surface area (Å²) in [7, 11) is 0. The van der Waals surface area contributed by atoms with Gasteiger partial charge in [-0.15, -0.1) is 0 Å². The number of carbonyl (C=O) groups excluding carboxylic acids is 1. The number of carboxylic acids is 1. The second kappa shape index (κ2) is 19.0. The first-order valence-corrected chi connectivity index (χ1v) is 11.7. The van der Waals surface area contributed by atoms with Gasteiger partial charge in [0, 0.05) is 19.0 Å². The maximum absolute atomic E-state index is 12.5. The van der Waals surface area contributed by atoms with Crippen molar-refractivity contribution in [3.63, 3.8) is 0 Å². The standard InChI is InChI=1S/C24H45NO3/c1-4-7-8-9-10-11-12-13-14-15-16-17-18-19-20-22(21-23(26)27)24(28)25(5-2)6-3/h14-15,22H,4-13,16-21H2,1-3H3,(H,26,27)/b15-14+. The van der Waals surface area contributed by atoms with Crippen molar-refractivity contribution in [3.05, 3.63) is 12.2 Å². The monoisotopic (exact) mass is 395 g/mol. The summed E-state index contributed by atoms with van der Waals surface area (Å²) >= 11 is 0. The fourth-order valence-electron chi connectivity index (χ4n) is 3.60. The predicted molar refractivity (Wildman–Crippen MR) is 119 cm³/mol. The summed E-state index contributed by atoms with van der Waals surface area (Å²) in [5, 5.41) is 9.10. The van der Waals surface area contributed by atoms with Crippen LogP contribution in [0.5, 0.6) is 0 Å². The van der Waals surface area contributed by atoms with Gasteiger partial charge in [-0.25, -0.2) is 0 Å². The number of unbranched alkanes of at least 4 members (excludes halogenated alkanes) is 10. The van der Waals surface area contributed by atoms with E-state index in [4.69, 9.17) is 5.11 Å². The Kier molecular flexibility index (Phi) is 18.1. The lowest BCUT2D eigenvalue weighted by Gasteiger charge is -2.24. The van der Waals surface area contributed by atoms with E-state index in [1.54, 1.807) is 4.90 Å². The van der Waals surface area contributed by atoms with Crippen LogP contribution in [-0.2, 0) is 9.59 Å². The summed E-state index contributed by atoms with van der Waals surface area (Å²) in [5.41, 5.74) is 0. The molecule has 28 heavy (non-hydrogen) atoms. The molecule has 0 bridgehead atoms. The Morgan fingerprint density at radius 1 is 0.786 bits per heavy atom. The van der Waals surface area contributed by atoms with Crippen LogP contribution in [0.1, 0.15) is 111 Å². The fraction of sp³-hybridized carbons (Fsp3) is 0.833. The predicted octanol–water partition coefficient (Wildman–Crippen LogP) is 6.59. The van der Waals surface area contributed by atoms with E-state index < -0.39 is 5.97 Å². The summed E-state index contributed by atoms with van der Waals surface area (Å²) in [6, 6.07) is 0. The van der Waals surface area contributed by atoms with Gasteiger partial charge in [-0.3, -0.25) is 9.59 Å². The molecule has 4 nitrogen and oxygen atoms in total. The number of hydrogen-bond donors (Lipinski definition) is 1. The van der Waals surface area contributed by atoms with Crippen molar-refractivity contribution in [2.45, 2.75) is 111 Å². The van der Waals surface area contributed by atoms with Crippen molar-refractivity contribution >= 4 is 11.9 Å². The van der Waals surface area contributed by atoms with Gasteiger partial charge in [0.2, 0.25) is 5.91 Å². The number of rotatable bonds is 19. The van der Waals surface area contributed by atoms with Gasteiger partial charge in [-0.1, -0.05) is 70.4 Å². The molecule has 0 saturated carbocycles. The van der Waals surface area contributed by atoms with Crippen molar-refractivity contribution in [1.82, 2.24) is 4.90 Å². The molecule has 0 radical (unpaired) electrons. The molecule has 0 aromatic rings. The van der Waals surface area contributed by atoms with Crippen molar-refractivity contribution in [2.75, 3.05) is 13.1 Å². The van der Waals surface area contributed by atoms with Gasteiger partial charge in [0.15, 0.2) is 0 Å². The van der Waals surface area contributed by atoms with Gasteiger partial charge in [0.25, 0.3) is 0 Å². The molecule has 1 unspecified atom stereocenters. The zero-order valence-corrected chi connectivity index (χ0v) is 18.8. The van der Waals surface area contributed by atoms with Gasteiger partial charge in [0.05, 0.1) is 6.42 Å². The Bertz CT molecular complexity index is 416. The van der Waals surface area contributed by atoms with Crippen LogP contribution < -0.4 is 0 Å². The molecule has 0 aliphatic heterocycles. The van der Waals surface area contributed by atoms with Crippen LogP contribution in [0.15, 0.2) is 12.2 Å². The number of aliphatic carboxylic acids is 1. The van der Waals surface area contributed by atoms with E-state index >= 15 is 0 Å². The minimum absolute atomic E-state index is 0.00184. The molecular weight excluding hydrogens is 350 g/mol. The Morgan fingerprint density at radius 3 is 1.79 bits per heavy atom. The molecule has 0 aliphatic rings. The van der Waals surface area contributed by atoms with Crippen LogP contribution in [0.2, 0.25) is 0 Å². The lowest BCUT2D eigenvalue weighted by molar-refractivity contribution is -0.144. The number of allylic oxidation sites excluding steroid dienone is 2. The molecular formula is C24H45NO3. The second-order valence-corrected chi connectivity index (χ2v) is 7.82. The van der Waals surface area contributed by atoms with Crippen LogP contribution in [0.4, 0.5) is 0 Å². The Balaban J connectivity index is 3.81. The Morgan fingerprint density at radius 2 is 1.29 bits per heavy atom. The molecule has 4 heteroatoms. The van der Waals surface area contributed by atoms with E-state index in [1.165, 1.54) is 51.4 Å². The van der Waals surface area contributed by atoms with Crippen molar-refractivity contribution in [3.8, 4) is 0 Å². The molecule has 164 valence electrons. The van der Waals surface area contributed by atoms with Gasteiger partial charge in [-0.05, 0) is 46.0 Å². The van der Waals surface area contributed by atoms with Crippen LogP contribution in [0.25, 0.3) is 0 Å². The van der Waals surface area contributed by atoms with Gasteiger partial charge >= 0.3 is 5.97 Å². The molecule has 1 atom stereocenters. The number of nitrogens with zero attached hydrogens (tertiary/aromatic N) is 1. The highest BCUT2D eigenvalue weighted by molar-refractivity contribution is 5.83. The summed E-state index contributed by atoms with van der Waals surface area (Å²) < 4.78 is 0. The summed E-state index contributed by atoms with van der Waals surface area (Å²) in [5.74, 6) is -1.24. The summed E-state index contributed by atoms with van der Waals surface area (Å²) in [4.78, 5) is 25.3. The first-order valence-electron chi connectivity index (χ1n) is 11.7. The third-order valence-corrected chi connectivity index (χ3v) is 5.41. The number of carboxylic acid groups (broad SMARTS) is 1. The van der Waals surface area contributed by atoms with E-state index in [9.17, 15) is 9.59 Å². The zero-order chi connectivity index (χ0) is 21.0. The van der Waals surface area contributed by atoms with E-state index in [2.05, 4.69) is 19.1 Å². The molecule has 0 aliphatic carbocycles. The molecule has 1 N–H and O–H groups in total. The van der Waals surface area contributed by atoms with Crippen LogP contribution in [0.3, 0.4) is 0 Å². The smallest absolute Gasteiger partial charge is 0.304 e. The largest absolute Gasteiger partial charge is 0.481 e. The molecule has 0 saturated heterocycles. The maximum atomic E-state index is 12.5. The highest BCUT2D eigenvalue weighted by Gasteiger charge is 2.24. The van der Waals surface area contributed by atoms with E-state index in [0.29, 0.717) is 19.5 Å². The van der Waals surface area contributed by atoms with Crippen molar-refractivity contribution in [2.24, 2.45) is 5.92 Å². The summed E-state index contributed by atoms with van der Waals surface area (Å²) in [6.07, 6.45) is 20.1. The second-order valence-electron chi connectivity index (χ2n) is 7.82. The summed E-state index contributed by atoms with van der Waals surface area (Å²) in [6.45, 7) is 7.44. The number of hydrogen-bond acceptors (Lipinski definition) is 2. The minimum Gasteiger partial charge on any atom is -0.481 e. The van der Waals surface area contributed by atoms with E-state index in [1.807, 2.05) is 13.8 Å². The quantitative estimate of drug-likeness (QED) is 0.198. The zero-order valence-electron chi connectivity index (χ0n) is 18.8. The highest BCUT2D eigenvalue weighted by atomic mass is 16.4. The van der Waals surface area contributed by atoms with Crippen molar-refractivity contribution in [1.29, 1.82) is 0 Å². The molecule has 0 aromatic heterocycles. The average molecular weight is 396 g/mol. The van der Waals surface area contributed by atoms with E-state index in [-0.39, 0.29) is 18.2 Å². The average Bonchev–Trinajstić information content (AvgIpc) is 2.67. The van der Waals surface area contributed by atoms with Gasteiger partial charge in [0.1, 0.15) is 0 Å². The first kappa shape index (κ1) is 26.7. The number of amides is 1. The molecule has 1 amide bonds. The van der Waals surface area contributed by atoms with Gasteiger partial charge < -0.3 is 10.0 Å². The lowest BCUT2D eigenvalue weighted by Crippen LogP contribution is -2.36. The normalized spacial score (nSPS) is 12.4. The van der Waals surface area contributed by atoms with Gasteiger partial charge in [-0.2, -0.15) is 0 Å². The third-order valence-electron chi connectivity index (χ3n) is 5.41. The number of carbonyl (C=O) groups is 2. The molecule has 0 fully saturated rings. The first-order chi connectivity index (χ1) is 13.6. The van der Waals surface area contributed by atoms with Crippen LogP contribution in [0, 0.1) is 5.92 Å².